The molecule has 1 aromatic carbocycles. The number of carbonyl (C=O) groups excluding carboxylic acids is 1. The largest absolute Gasteiger partial charge is 0.310 e. The molecule has 0 amide bonds. The van der Waals surface area contributed by atoms with E-state index in [0.717, 1.165) is 19.0 Å². The maximum atomic E-state index is 12.8. The second-order valence-corrected chi connectivity index (χ2v) is 3.67. The van der Waals surface area contributed by atoms with E-state index in [0.29, 0.717) is 5.56 Å². The number of carbonyl (C=O) groups is 1. The Balaban J connectivity index is 2.49. The molecule has 0 radical (unpaired) electrons. The smallest absolute Gasteiger partial charge is 0.150 e. The Morgan fingerprint density at radius 3 is 2.44 bits per heavy atom. The van der Waals surface area contributed by atoms with Gasteiger partial charge in [-0.05, 0) is 30.7 Å². The lowest BCUT2D eigenvalue weighted by Crippen LogP contribution is -2.24. The first-order chi connectivity index (χ1) is 7.61. The van der Waals surface area contributed by atoms with Crippen LogP contribution in [0.15, 0.2) is 18.2 Å². The van der Waals surface area contributed by atoms with Crippen LogP contribution in [0.25, 0.3) is 0 Å². The highest BCUT2D eigenvalue weighted by molar-refractivity contribution is 5.82. The molecule has 0 aromatic heterocycles. The van der Waals surface area contributed by atoms with E-state index < -0.39 is 11.6 Å². The number of hydrogen-bond donors (Lipinski definition) is 1. The summed E-state index contributed by atoms with van der Waals surface area (Å²) in [5.74, 6) is -1.37. The predicted molar refractivity (Wildman–Crippen MR) is 58.2 cm³/mol. The number of benzene rings is 1. The molecule has 1 rings (SSSR count). The maximum Gasteiger partial charge on any atom is 0.150 e. The van der Waals surface area contributed by atoms with Crippen molar-refractivity contribution in [3.8, 4) is 0 Å². The normalized spacial score (nSPS) is 10.4. The summed E-state index contributed by atoms with van der Waals surface area (Å²) in [5.41, 5.74) is 0.376. The van der Waals surface area contributed by atoms with Gasteiger partial charge in [-0.3, -0.25) is 4.79 Å². The first-order valence-electron chi connectivity index (χ1n) is 5.29. The number of ketones is 1. The van der Waals surface area contributed by atoms with Crippen molar-refractivity contribution in [2.45, 2.75) is 19.8 Å². The summed E-state index contributed by atoms with van der Waals surface area (Å²) < 4.78 is 25.6. The average Bonchev–Trinajstić information content (AvgIpc) is 2.16. The molecular weight excluding hydrogens is 212 g/mol. The summed E-state index contributed by atoms with van der Waals surface area (Å²) in [4.78, 5) is 11.4. The van der Waals surface area contributed by atoms with Gasteiger partial charge in [-0.1, -0.05) is 6.92 Å². The summed E-state index contributed by atoms with van der Waals surface area (Å²) in [6, 6.07) is 3.16. The van der Waals surface area contributed by atoms with Gasteiger partial charge in [-0.2, -0.15) is 0 Å². The highest BCUT2D eigenvalue weighted by atomic mass is 19.1. The molecule has 0 bridgehead atoms. The van der Waals surface area contributed by atoms with Gasteiger partial charge in [0.15, 0.2) is 5.78 Å². The van der Waals surface area contributed by atoms with Crippen molar-refractivity contribution in [1.29, 1.82) is 0 Å². The number of halogens is 2. The molecule has 0 fully saturated rings. The van der Waals surface area contributed by atoms with E-state index in [2.05, 4.69) is 5.32 Å². The van der Waals surface area contributed by atoms with Gasteiger partial charge in [0.25, 0.3) is 0 Å². The summed E-state index contributed by atoms with van der Waals surface area (Å²) in [6.07, 6.45) is 1.01. The molecule has 4 heteroatoms. The van der Waals surface area contributed by atoms with E-state index in [1.165, 1.54) is 12.1 Å². The second kappa shape index (κ2) is 6.33. The first-order valence-corrected chi connectivity index (χ1v) is 5.29. The van der Waals surface area contributed by atoms with Gasteiger partial charge in [-0.25, -0.2) is 8.78 Å². The van der Waals surface area contributed by atoms with Crippen LogP contribution in [0.2, 0.25) is 0 Å². The average molecular weight is 227 g/mol. The van der Waals surface area contributed by atoms with E-state index in [-0.39, 0.29) is 18.7 Å². The summed E-state index contributed by atoms with van der Waals surface area (Å²) >= 11 is 0. The minimum Gasteiger partial charge on any atom is -0.310 e. The molecule has 1 aromatic rings. The number of Topliss-reactive ketones (excluding diaryl/α,β-unsaturated/α-hetero) is 1. The zero-order valence-corrected chi connectivity index (χ0v) is 9.22. The first kappa shape index (κ1) is 12.8. The Labute approximate surface area is 93.7 Å². The fourth-order valence-electron chi connectivity index (χ4n) is 1.41. The maximum absolute atomic E-state index is 12.8. The van der Waals surface area contributed by atoms with Crippen LogP contribution in [0, 0.1) is 11.6 Å². The molecule has 88 valence electrons. The van der Waals surface area contributed by atoms with Crippen LogP contribution in [0.5, 0.6) is 0 Å². The minimum absolute atomic E-state index is 0.0609. The standard InChI is InChI=1S/C12H15F2NO/c1-2-3-15-8-12(16)6-9-4-10(13)7-11(14)5-9/h4-5,7,15H,2-3,6,8H2,1H3. The van der Waals surface area contributed by atoms with E-state index in [4.69, 9.17) is 0 Å². The van der Waals surface area contributed by atoms with Crippen LogP contribution in [0.4, 0.5) is 8.78 Å². The van der Waals surface area contributed by atoms with E-state index in [1.54, 1.807) is 0 Å². The molecule has 0 saturated heterocycles. The Bertz CT molecular complexity index is 346. The van der Waals surface area contributed by atoms with Crippen LogP contribution in [0.1, 0.15) is 18.9 Å². The van der Waals surface area contributed by atoms with Gasteiger partial charge in [0.05, 0.1) is 6.54 Å². The lowest BCUT2D eigenvalue weighted by molar-refractivity contribution is -0.117. The number of rotatable bonds is 6. The highest BCUT2D eigenvalue weighted by Crippen LogP contribution is 2.08. The van der Waals surface area contributed by atoms with Crippen LogP contribution in [-0.2, 0) is 11.2 Å². The topological polar surface area (TPSA) is 29.1 Å². The van der Waals surface area contributed by atoms with Crippen LogP contribution in [0.3, 0.4) is 0 Å². The highest BCUT2D eigenvalue weighted by Gasteiger charge is 2.06. The third-order valence-electron chi connectivity index (χ3n) is 2.07. The van der Waals surface area contributed by atoms with Crippen molar-refractivity contribution < 1.29 is 13.6 Å². The van der Waals surface area contributed by atoms with Crippen LogP contribution in [-0.4, -0.2) is 18.9 Å². The Morgan fingerprint density at radius 1 is 1.25 bits per heavy atom. The Kier molecular flexibility index (Phi) is 5.05. The van der Waals surface area contributed by atoms with E-state index >= 15 is 0 Å². The van der Waals surface area contributed by atoms with Gasteiger partial charge < -0.3 is 5.32 Å². The third-order valence-corrected chi connectivity index (χ3v) is 2.07. The van der Waals surface area contributed by atoms with Gasteiger partial charge in [-0.15, -0.1) is 0 Å². The lowest BCUT2D eigenvalue weighted by Gasteiger charge is -2.03. The summed E-state index contributed by atoms with van der Waals surface area (Å²) in [7, 11) is 0. The fourth-order valence-corrected chi connectivity index (χ4v) is 1.41. The fraction of sp³-hybridized carbons (Fsp3) is 0.417. The molecule has 0 aliphatic carbocycles. The molecule has 16 heavy (non-hydrogen) atoms. The monoisotopic (exact) mass is 227 g/mol. The van der Waals surface area contributed by atoms with Crippen LogP contribution < -0.4 is 5.32 Å². The number of nitrogens with one attached hydrogen (secondary N) is 1. The summed E-state index contributed by atoms with van der Waals surface area (Å²) in [5, 5.41) is 2.95. The molecule has 1 N–H and O–H groups in total. The van der Waals surface area contributed by atoms with Crippen molar-refractivity contribution in [3.05, 3.63) is 35.4 Å². The van der Waals surface area contributed by atoms with E-state index in [9.17, 15) is 13.6 Å². The molecule has 0 aliphatic heterocycles. The molecule has 0 unspecified atom stereocenters. The van der Waals surface area contributed by atoms with E-state index in [1.807, 2.05) is 6.92 Å². The lowest BCUT2D eigenvalue weighted by atomic mass is 10.1. The zero-order chi connectivity index (χ0) is 12.0. The van der Waals surface area contributed by atoms with Gasteiger partial charge >= 0.3 is 0 Å². The molecule has 0 spiro atoms. The van der Waals surface area contributed by atoms with Crippen LogP contribution >= 0.6 is 0 Å². The molecule has 2 nitrogen and oxygen atoms in total. The molecule has 0 saturated carbocycles. The zero-order valence-electron chi connectivity index (χ0n) is 9.22. The predicted octanol–water partition coefficient (Wildman–Crippen LogP) is 2.08. The van der Waals surface area contributed by atoms with Gasteiger partial charge in [0.2, 0.25) is 0 Å². The molecule has 0 aliphatic rings. The van der Waals surface area contributed by atoms with Crippen molar-refractivity contribution in [1.82, 2.24) is 5.32 Å². The van der Waals surface area contributed by atoms with Gasteiger partial charge in [0, 0.05) is 12.5 Å². The SMILES string of the molecule is CCCNCC(=O)Cc1cc(F)cc(F)c1. The van der Waals surface area contributed by atoms with Crippen molar-refractivity contribution in [2.24, 2.45) is 0 Å². The minimum atomic E-state index is -0.649. The molecule has 0 heterocycles. The summed E-state index contributed by atoms with van der Waals surface area (Å²) in [6.45, 7) is 3.01. The van der Waals surface area contributed by atoms with Crippen molar-refractivity contribution in [3.63, 3.8) is 0 Å². The number of hydrogen-bond acceptors (Lipinski definition) is 2. The van der Waals surface area contributed by atoms with Crippen molar-refractivity contribution >= 4 is 5.78 Å². The Hall–Kier alpha value is -1.29. The Morgan fingerprint density at radius 2 is 1.88 bits per heavy atom. The van der Waals surface area contributed by atoms with Gasteiger partial charge in [0.1, 0.15) is 11.6 Å². The molecule has 0 atom stereocenters. The molecular formula is C12H15F2NO. The third kappa shape index (κ3) is 4.49. The van der Waals surface area contributed by atoms with Crippen molar-refractivity contribution in [2.75, 3.05) is 13.1 Å². The quantitative estimate of drug-likeness (QED) is 0.754. The second-order valence-electron chi connectivity index (χ2n) is 3.67.